The van der Waals surface area contributed by atoms with Crippen molar-refractivity contribution in [3.63, 3.8) is 0 Å². The first-order valence-electron chi connectivity index (χ1n) is 6.09. The van der Waals surface area contributed by atoms with Crippen molar-refractivity contribution in [1.29, 1.82) is 0 Å². The van der Waals surface area contributed by atoms with Crippen LogP contribution < -0.4 is 0 Å². The predicted octanol–water partition coefficient (Wildman–Crippen LogP) is 2.79. The summed E-state index contributed by atoms with van der Waals surface area (Å²) in [6.07, 6.45) is 1.58. The van der Waals surface area contributed by atoms with Gasteiger partial charge in [-0.15, -0.1) is 11.8 Å². The monoisotopic (exact) mass is 286 g/mol. The molecule has 1 saturated heterocycles. The fourth-order valence-corrected chi connectivity index (χ4v) is 3.88. The number of halogens is 1. The van der Waals surface area contributed by atoms with Gasteiger partial charge in [0.1, 0.15) is 0 Å². The van der Waals surface area contributed by atoms with Gasteiger partial charge in [0, 0.05) is 27.2 Å². The van der Waals surface area contributed by atoms with Crippen molar-refractivity contribution in [3.05, 3.63) is 28.8 Å². The zero-order valence-electron chi connectivity index (χ0n) is 9.89. The highest BCUT2D eigenvalue weighted by molar-refractivity contribution is 8.00. The molecule has 1 unspecified atom stereocenters. The molecule has 0 aliphatic carbocycles. The van der Waals surface area contributed by atoms with Gasteiger partial charge in [0.25, 0.3) is 0 Å². The van der Waals surface area contributed by atoms with E-state index in [1.54, 1.807) is 11.8 Å². The zero-order valence-corrected chi connectivity index (χ0v) is 11.5. The van der Waals surface area contributed by atoms with Gasteiger partial charge in [0.15, 0.2) is 5.79 Å². The van der Waals surface area contributed by atoms with E-state index < -0.39 is 5.79 Å². The summed E-state index contributed by atoms with van der Waals surface area (Å²) >= 11 is 7.74. The third kappa shape index (κ3) is 2.17. The second-order valence-corrected chi connectivity index (χ2v) is 6.35. The number of thioether (sulfide) groups is 1. The van der Waals surface area contributed by atoms with Gasteiger partial charge in [-0.25, -0.2) is 0 Å². The van der Waals surface area contributed by atoms with Gasteiger partial charge in [-0.1, -0.05) is 11.6 Å². The van der Waals surface area contributed by atoms with E-state index in [9.17, 15) is 5.11 Å². The quantitative estimate of drug-likeness (QED) is 0.862. The standard InChI is InChI=1S/C13H15ClO3S/c14-9-2-3-12-11(6-9)13(7-10(8-15)18-12)16-4-1-5-17-13/h2-3,6,10,15H,1,4-5,7-8H2. The maximum absolute atomic E-state index is 9.43. The number of ether oxygens (including phenoxy) is 2. The van der Waals surface area contributed by atoms with Gasteiger partial charge < -0.3 is 14.6 Å². The Labute approximate surface area is 115 Å². The first kappa shape index (κ1) is 12.8. The number of aliphatic hydroxyl groups is 1. The van der Waals surface area contributed by atoms with E-state index in [-0.39, 0.29) is 11.9 Å². The first-order chi connectivity index (χ1) is 8.73. The topological polar surface area (TPSA) is 38.7 Å². The molecule has 0 radical (unpaired) electrons. The van der Waals surface area contributed by atoms with Gasteiger partial charge in [-0.2, -0.15) is 0 Å². The number of benzene rings is 1. The molecule has 3 nitrogen and oxygen atoms in total. The molecule has 2 heterocycles. The Morgan fingerprint density at radius 1 is 1.39 bits per heavy atom. The molecule has 1 aromatic carbocycles. The van der Waals surface area contributed by atoms with E-state index in [1.807, 2.05) is 18.2 Å². The van der Waals surface area contributed by atoms with Crippen molar-refractivity contribution < 1.29 is 14.6 Å². The molecule has 1 fully saturated rings. The SMILES string of the molecule is OCC1CC2(OCCCO2)c2cc(Cl)ccc2S1. The molecule has 0 aromatic heterocycles. The number of hydrogen-bond acceptors (Lipinski definition) is 4. The van der Waals surface area contributed by atoms with Gasteiger partial charge in [0.2, 0.25) is 0 Å². The minimum absolute atomic E-state index is 0.108. The lowest BCUT2D eigenvalue weighted by molar-refractivity contribution is -0.282. The zero-order chi connectivity index (χ0) is 12.6. The molecule has 3 rings (SSSR count). The Hall–Kier alpha value is -0.260. The Kier molecular flexibility index (Phi) is 3.56. The van der Waals surface area contributed by atoms with E-state index in [1.165, 1.54) is 0 Å². The number of fused-ring (bicyclic) bond motifs is 2. The average molecular weight is 287 g/mol. The average Bonchev–Trinajstić information content (AvgIpc) is 2.40. The van der Waals surface area contributed by atoms with Crippen LogP contribution in [0.15, 0.2) is 23.1 Å². The molecule has 5 heteroatoms. The predicted molar refractivity (Wildman–Crippen MR) is 71.0 cm³/mol. The number of rotatable bonds is 1. The largest absolute Gasteiger partial charge is 0.395 e. The molecule has 1 atom stereocenters. The normalized spacial score (nSPS) is 26.0. The third-order valence-corrected chi connectivity index (χ3v) is 4.80. The second-order valence-electron chi connectivity index (χ2n) is 4.57. The molecule has 2 aliphatic heterocycles. The van der Waals surface area contributed by atoms with E-state index in [0.717, 1.165) is 16.9 Å². The van der Waals surface area contributed by atoms with Gasteiger partial charge in [0.05, 0.1) is 19.8 Å². The fourth-order valence-electron chi connectivity index (χ4n) is 2.48. The second kappa shape index (κ2) is 5.02. The summed E-state index contributed by atoms with van der Waals surface area (Å²) < 4.78 is 11.8. The van der Waals surface area contributed by atoms with Crippen molar-refractivity contribution in [2.24, 2.45) is 0 Å². The van der Waals surface area contributed by atoms with Crippen LogP contribution in [0, 0.1) is 0 Å². The van der Waals surface area contributed by atoms with E-state index in [0.29, 0.717) is 24.7 Å². The molecule has 1 aromatic rings. The lowest BCUT2D eigenvalue weighted by Gasteiger charge is -2.43. The summed E-state index contributed by atoms with van der Waals surface area (Å²) in [6, 6.07) is 5.76. The van der Waals surface area contributed by atoms with Crippen molar-refractivity contribution in [1.82, 2.24) is 0 Å². The highest BCUT2D eigenvalue weighted by atomic mass is 35.5. The smallest absolute Gasteiger partial charge is 0.197 e. The highest BCUT2D eigenvalue weighted by Crippen LogP contribution is 2.48. The van der Waals surface area contributed by atoms with Crippen molar-refractivity contribution in [2.75, 3.05) is 19.8 Å². The van der Waals surface area contributed by atoms with Gasteiger partial charge in [-0.05, 0) is 24.6 Å². The summed E-state index contributed by atoms with van der Waals surface area (Å²) in [5.41, 5.74) is 1.00. The molecule has 2 aliphatic rings. The number of aliphatic hydroxyl groups excluding tert-OH is 1. The molecule has 0 bridgehead atoms. The van der Waals surface area contributed by atoms with Gasteiger partial charge in [-0.3, -0.25) is 0 Å². The lowest BCUT2D eigenvalue weighted by Crippen LogP contribution is -2.43. The summed E-state index contributed by atoms with van der Waals surface area (Å²) in [5.74, 6) is -0.711. The Morgan fingerprint density at radius 2 is 2.17 bits per heavy atom. The van der Waals surface area contributed by atoms with E-state index in [4.69, 9.17) is 21.1 Å². The molecular formula is C13H15ClO3S. The molecule has 98 valence electrons. The van der Waals surface area contributed by atoms with Crippen LogP contribution in [0.3, 0.4) is 0 Å². The van der Waals surface area contributed by atoms with Crippen molar-refractivity contribution in [3.8, 4) is 0 Å². The Balaban J connectivity index is 2.05. The first-order valence-corrected chi connectivity index (χ1v) is 7.35. The van der Waals surface area contributed by atoms with Crippen LogP contribution in [-0.4, -0.2) is 30.2 Å². The van der Waals surface area contributed by atoms with Crippen LogP contribution in [0.4, 0.5) is 0 Å². The minimum Gasteiger partial charge on any atom is -0.395 e. The molecule has 18 heavy (non-hydrogen) atoms. The highest BCUT2D eigenvalue weighted by Gasteiger charge is 2.44. The van der Waals surface area contributed by atoms with E-state index >= 15 is 0 Å². The molecule has 1 N–H and O–H groups in total. The fraction of sp³-hybridized carbons (Fsp3) is 0.538. The molecule has 1 spiro atoms. The maximum atomic E-state index is 9.43. The van der Waals surface area contributed by atoms with Crippen molar-refractivity contribution >= 4 is 23.4 Å². The van der Waals surface area contributed by atoms with Crippen molar-refractivity contribution in [2.45, 2.75) is 28.8 Å². The van der Waals surface area contributed by atoms with E-state index in [2.05, 4.69) is 0 Å². The van der Waals surface area contributed by atoms with Crippen LogP contribution in [-0.2, 0) is 15.3 Å². The summed E-state index contributed by atoms with van der Waals surface area (Å²) in [6.45, 7) is 1.50. The summed E-state index contributed by atoms with van der Waals surface area (Å²) in [4.78, 5) is 1.09. The third-order valence-electron chi connectivity index (χ3n) is 3.30. The van der Waals surface area contributed by atoms with Crippen LogP contribution in [0.2, 0.25) is 5.02 Å². The summed E-state index contributed by atoms with van der Waals surface area (Å²) in [5, 5.41) is 10.2. The minimum atomic E-state index is -0.711. The molecule has 0 amide bonds. The molecular weight excluding hydrogens is 272 g/mol. The Bertz CT molecular complexity index is 446. The van der Waals surface area contributed by atoms with Crippen LogP contribution in [0.25, 0.3) is 0 Å². The van der Waals surface area contributed by atoms with Crippen LogP contribution in [0.5, 0.6) is 0 Å². The van der Waals surface area contributed by atoms with Crippen LogP contribution >= 0.6 is 23.4 Å². The van der Waals surface area contributed by atoms with Crippen LogP contribution in [0.1, 0.15) is 18.4 Å². The van der Waals surface area contributed by atoms with Gasteiger partial charge >= 0.3 is 0 Å². The molecule has 0 saturated carbocycles. The maximum Gasteiger partial charge on any atom is 0.197 e. The number of hydrogen-bond donors (Lipinski definition) is 1. The Morgan fingerprint density at radius 3 is 2.89 bits per heavy atom. The lowest BCUT2D eigenvalue weighted by atomic mass is 9.98. The summed E-state index contributed by atoms with van der Waals surface area (Å²) in [7, 11) is 0.